The van der Waals surface area contributed by atoms with Gasteiger partial charge in [0.1, 0.15) is 23.4 Å². The van der Waals surface area contributed by atoms with Gasteiger partial charge in [-0.25, -0.2) is 4.79 Å². The van der Waals surface area contributed by atoms with Crippen LogP contribution in [0.3, 0.4) is 0 Å². The van der Waals surface area contributed by atoms with E-state index in [1.807, 2.05) is 32.0 Å². The number of esters is 1. The molecule has 1 aromatic rings. The molecule has 3 fully saturated rings. The van der Waals surface area contributed by atoms with Crippen molar-refractivity contribution in [2.45, 2.75) is 89.5 Å². The Hall–Kier alpha value is -2.35. The summed E-state index contributed by atoms with van der Waals surface area (Å²) < 4.78 is 35.3. The van der Waals surface area contributed by atoms with Crippen LogP contribution >= 0.6 is 0 Å². The number of allylic oxidation sites excluding steroid dienone is 1. The molecule has 1 aliphatic carbocycles. The van der Waals surface area contributed by atoms with E-state index in [0.29, 0.717) is 24.5 Å². The van der Waals surface area contributed by atoms with Gasteiger partial charge in [-0.05, 0) is 77.7 Å². The maximum atomic E-state index is 12.8. The van der Waals surface area contributed by atoms with Gasteiger partial charge in [0.15, 0.2) is 11.5 Å². The zero-order chi connectivity index (χ0) is 26.1. The van der Waals surface area contributed by atoms with Gasteiger partial charge in [0.05, 0.1) is 31.8 Å². The fourth-order valence-electron chi connectivity index (χ4n) is 5.57. The molecule has 2 saturated heterocycles. The minimum absolute atomic E-state index is 0.00146. The number of ether oxygens (including phenoxy) is 6. The Morgan fingerprint density at radius 3 is 2.58 bits per heavy atom. The second-order valence-corrected chi connectivity index (χ2v) is 10.8. The van der Waals surface area contributed by atoms with Crippen LogP contribution in [0.25, 0.3) is 6.08 Å². The first-order valence-electron chi connectivity index (χ1n) is 12.8. The minimum atomic E-state index is -0.404. The molecule has 2 unspecified atom stereocenters. The van der Waals surface area contributed by atoms with Gasteiger partial charge in [0.25, 0.3) is 0 Å². The molecule has 0 aromatic heterocycles. The highest BCUT2D eigenvalue weighted by Gasteiger charge is 2.72. The van der Waals surface area contributed by atoms with Crippen LogP contribution < -0.4 is 9.47 Å². The topological polar surface area (TPSA) is 79.1 Å². The summed E-state index contributed by atoms with van der Waals surface area (Å²) in [5, 5.41) is 0. The molecule has 1 aromatic carbocycles. The maximum absolute atomic E-state index is 12.8. The molecule has 0 bridgehead atoms. The number of benzene rings is 1. The van der Waals surface area contributed by atoms with Gasteiger partial charge in [-0.1, -0.05) is 17.7 Å². The zero-order valence-corrected chi connectivity index (χ0v) is 22.5. The second kappa shape index (κ2) is 10.6. The van der Waals surface area contributed by atoms with E-state index in [-0.39, 0.29) is 41.5 Å². The average Bonchev–Trinajstić information content (AvgIpc) is 3.74. The third-order valence-electron chi connectivity index (χ3n) is 7.47. The summed E-state index contributed by atoms with van der Waals surface area (Å²) in [7, 11) is 3.28. The fraction of sp³-hybridized carbons (Fsp3) is 0.621. The monoisotopic (exact) mass is 500 g/mol. The van der Waals surface area contributed by atoms with Crippen molar-refractivity contribution >= 4 is 12.0 Å². The van der Waals surface area contributed by atoms with Crippen molar-refractivity contribution < 1.29 is 33.2 Å². The normalized spacial score (nSPS) is 33.0. The molecule has 7 nitrogen and oxygen atoms in total. The summed E-state index contributed by atoms with van der Waals surface area (Å²) in [5.74, 6) is 0.874. The lowest BCUT2D eigenvalue weighted by molar-refractivity contribution is -0.166. The maximum Gasteiger partial charge on any atom is 0.331 e. The summed E-state index contributed by atoms with van der Waals surface area (Å²) in [6.45, 7) is 10.9. The Morgan fingerprint density at radius 1 is 1.22 bits per heavy atom. The highest BCUT2D eigenvalue weighted by atomic mass is 16.6. The molecule has 0 amide bonds. The lowest BCUT2D eigenvalue weighted by Crippen LogP contribution is -2.55. The van der Waals surface area contributed by atoms with Crippen LogP contribution in [-0.2, 0) is 23.7 Å². The molecule has 36 heavy (non-hydrogen) atoms. The molecule has 1 saturated carbocycles. The molecule has 6 atom stereocenters. The van der Waals surface area contributed by atoms with E-state index in [4.69, 9.17) is 28.4 Å². The van der Waals surface area contributed by atoms with E-state index in [0.717, 1.165) is 18.4 Å². The average molecular weight is 501 g/mol. The summed E-state index contributed by atoms with van der Waals surface area (Å²) >= 11 is 0. The van der Waals surface area contributed by atoms with E-state index >= 15 is 0 Å². The Bertz CT molecular complexity index is 1000. The summed E-state index contributed by atoms with van der Waals surface area (Å²) in [6.07, 6.45) is 7.21. The molecule has 2 aliphatic heterocycles. The first kappa shape index (κ1) is 26.7. The molecular formula is C29H40O7. The minimum Gasteiger partial charge on any atom is -0.493 e. The molecule has 7 heteroatoms. The summed E-state index contributed by atoms with van der Waals surface area (Å²) in [4.78, 5) is 12.8. The molecule has 2 heterocycles. The smallest absolute Gasteiger partial charge is 0.331 e. The van der Waals surface area contributed by atoms with Gasteiger partial charge >= 0.3 is 5.97 Å². The van der Waals surface area contributed by atoms with Crippen LogP contribution in [0.1, 0.15) is 59.4 Å². The van der Waals surface area contributed by atoms with Crippen molar-refractivity contribution in [2.24, 2.45) is 5.92 Å². The lowest BCUT2D eigenvalue weighted by atomic mass is 9.68. The van der Waals surface area contributed by atoms with E-state index in [1.54, 1.807) is 20.3 Å². The van der Waals surface area contributed by atoms with Crippen molar-refractivity contribution in [3.8, 4) is 11.5 Å². The first-order valence-corrected chi connectivity index (χ1v) is 12.8. The standard InChI is InChI=1S/C29H40O7/c1-18(2)8-12-24-28(5,36-24)27-26(32-7)22(14-15-29(27)17-33-29)35-25(30)13-10-20-9-11-21(31-6)23(16-20)34-19(3)4/h8-11,13,16,19,22,24,26-27H,12,14-15,17H2,1-7H3/b13-10+/t22-,24+,26-,27?,28?,29+/m1/s1. The molecule has 0 N–H and O–H groups in total. The molecule has 0 radical (unpaired) electrons. The first-order chi connectivity index (χ1) is 17.1. The number of carbonyl (C=O) groups excluding carboxylic acids is 1. The number of hydrogen-bond acceptors (Lipinski definition) is 7. The van der Waals surface area contributed by atoms with Crippen molar-refractivity contribution in [3.63, 3.8) is 0 Å². The Kier molecular flexibility index (Phi) is 7.83. The van der Waals surface area contributed by atoms with Gasteiger partial charge in [0, 0.05) is 13.2 Å². The Labute approximate surface area is 214 Å². The van der Waals surface area contributed by atoms with Crippen LogP contribution in [0.15, 0.2) is 35.9 Å². The van der Waals surface area contributed by atoms with Crippen molar-refractivity contribution in [2.75, 3.05) is 20.8 Å². The summed E-state index contributed by atoms with van der Waals surface area (Å²) in [6, 6.07) is 5.55. The number of rotatable bonds is 10. The van der Waals surface area contributed by atoms with Crippen molar-refractivity contribution in [3.05, 3.63) is 41.5 Å². The number of epoxide rings is 2. The predicted molar refractivity (Wildman–Crippen MR) is 137 cm³/mol. The lowest BCUT2D eigenvalue weighted by Gasteiger charge is -2.42. The Morgan fingerprint density at radius 2 is 1.97 bits per heavy atom. The number of methoxy groups -OCH3 is 2. The van der Waals surface area contributed by atoms with Crippen LogP contribution in [-0.4, -0.2) is 62.4 Å². The van der Waals surface area contributed by atoms with Gasteiger partial charge in [-0.2, -0.15) is 0 Å². The number of carbonyl (C=O) groups is 1. The molecule has 3 aliphatic rings. The van der Waals surface area contributed by atoms with Crippen LogP contribution in [0, 0.1) is 5.92 Å². The highest BCUT2D eigenvalue weighted by molar-refractivity contribution is 5.87. The SMILES string of the molecule is COc1ccc(/C=C/C(=O)O[C@@H]2CC[C@]3(CO3)C(C3(C)O[C@H]3CC=C(C)C)[C@@H]2OC)cc1OC(C)C. The van der Waals surface area contributed by atoms with E-state index in [2.05, 4.69) is 26.8 Å². The Balaban J connectivity index is 1.44. The van der Waals surface area contributed by atoms with Crippen molar-refractivity contribution in [1.29, 1.82) is 0 Å². The van der Waals surface area contributed by atoms with Crippen LogP contribution in [0.5, 0.6) is 11.5 Å². The second-order valence-electron chi connectivity index (χ2n) is 10.8. The molecular weight excluding hydrogens is 460 g/mol. The van der Waals surface area contributed by atoms with E-state index in [1.165, 1.54) is 11.6 Å². The fourth-order valence-corrected chi connectivity index (χ4v) is 5.57. The largest absolute Gasteiger partial charge is 0.493 e. The van der Waals surface area contributed by atoms with Gasteiger partial charge in [0.2, 0.25) is 0 Å². The highest BCUT2D eigenvalue weighted by Crippen LogP contribution is 2.59. The summed E-state index contributed by atoms with van der Waals surface area (Å²) in [5.41, 5.74) is 1.49. The number of hydrogen-bond donors (Lipinski definition) is 0. The predicted octanol–water partition coefficient (Wildman–Crippen LogP) is 5.12. The molecule has 1 spiro atoms. The van der Waals surface area contributed by atoms with Crippen LogP contribution in [0.4, 0.5) is 0 Å². The van der Waals surface area contributed by atoms with E-state index in [9.17, 15) is 4.79 Å². The molecule has 4 rings (SSSR count). The van der Waals surface area contributed by atoms with Crippen LogP contribution in [0.2, 0.25) is 0 Å². The third kappa shape index (κ3) is 5.63. The third-order valence-corrected chi connectivity index (χ3v) is 7.47. The van der Waals surface area contributed by atoms with Gasteiger partial charge in [-0.15, -0.1) is 0 Å². The van der Waals surface area contributed by atoms with Gasteiger partial charge in [-0.3, -0.25) is 0 Å². The molecule has 198 valence electrons. The van der Waals surface area contributed by atoms with Crippen molar-refractivity contribution in [1.82, 2.24) is 0 Å². The quantitative estimate of drug-likeness (QED) is 0.191. The van der Waals surface area contributed by atoms with Gasteiger partial charge < -0.3 is 28.4 Å². The zero-order valence-electron chi connectivity index (χ0n) is 22.5. The van der Waals surface area contributed by atoms with E-state index < -0.39 is 5.97 Å².